The Morgan fingerprint density at radius 3 is 2.54 bits per heavy atom. The highest BCUT2D eigenvalue weighted by Gasteiger charge is 2.17. The van der Waals surface area contributed by atoms with Crippen LogP contribution >= 0.6 is 0 Å². The SMILES string of the molecule is CCNS(=O)(=O)c1ccc(C)c(C(=O)NCCCOc2ccccc2)c1. The van der Waals surface area contributed by atoms with Crippen LogP contribution < -0.4 is 14.8 Å². The van der Waals surface area contributed by atoms with Gasteiger partial charge in [0.2, 0.25) is 10.0 Å². The lowest BCUT2D eigenvalue weighted by Gasteiger charge is -2.11. The molecule has 0 radical (unpaired) electrons. The minimum Gasteiger partial charge on any atom is -0.494 e. The highest BCUT2D eigenvalue weighted by atomic mass is 32.2. The Bertz CT molecular complexity index is 836. The van der Waals surface area contributed by atoms with Crippen molar-refractivity contribution < 1.29 is 17.9 Å². The number of aryl methyl sites for hydroxylation is 1. The van der Waals surface area contributed by atoms with Gasteiger partial charge in [0.1, 0.15) is 5.75 Å². The van der Waals surface area contributed by atoms with Crippen LogP contribution in [-0.2, 0) is 10.0 Å². The Labute approximate surface area is 154 Å². The van der Waals surface area contributed by atoms with Gasteiger partial charge in [-0.3, -0.25) is 4.79 Å². The van der Waals surface area contributed by atoms with Crippen molar-refractivity contribution in [3.8, 4) is 5.75 Å². The molecule has 6 nitrogen and oxygen atoms in total. The molecule has 1 amide bonds. The molecule has 0 aliphatic heterocycles. The fraction of sp³-hybridized carbons (Fsp3) is 0.316. The molecule has 140 valence electrons. The number of carbonyl (C=O) groups is 1. The molecule has 0 saturated carbocycles. The Kier molecular flexibility index (Phi) is 7.17. The predicted molar refractivity (Wildman–Crippen MR) is 101 cm³/mol. The minimum absolute atomic E-state index is 0.0857. The number of nitrogens with one attached hydrogen (secondary N) is 2. The quantitative estimate of drug-likeness (QED) is 0.659. The van der Waals surface area contributed by atoms with Gasteiger partial charge in [-0.1, -0.05) is 31.2 Å². The van der Waals surface area contributed by atoms with Gasteiger partial charge in [-0.05, 0) is 43.2 Å². The van der Waals surface area contributed by atoms with Crippen molar-refractivity contribution in [1.82, 2.24) is 10.0 Å². The summed E-state index contributed by atoms with van der Waals surface area (Å²) in [5.74, 6) is 0.492. The normalized spacial score (nSPS) is 11.2. The van der Waals surface area contributed by atoms with E-state index in [0.717, 1.165) is 11.3 Å². The van der Waals surface area contributed by atoms with E-state index in [-0.39, 0.29) is 10.8 Å². The van der Waals surface area contributed by atoms with Crippen LogP contribution in [0.15, 0.2) is 53.4 Å². The zero-order valence-electron chi connectivity index (χ0n) is 15.0. The molecule has 0 heterocycles. The zero-order chi connectivity index (χ0) is 19.0. The molecule has 0 bridgehead atoms. The zero-order valence-corrected chi connectivity index (χ0v) is 15.8. The second-order valence-electron chi connectivity index (χ2n) is 5.75. The lowest BCUT2D eigenvalue weighted by molar-refractivity contribution is 0.0950. The number of benzene rings is 2. The molecule has 7 heteroatoms. The maximum atomic E-state index is 12.4. The van der Waals surface area contributed by atoms with Crippen molar-refractivity contribution in [2.45, 2.75) is 25.2 Å². The molecule has 2 aromatic rings. The van der Waals surface area contributed by atoms with Crippen molar-refractivity contribution in [2.24, 2.45) is 0 Å². The molecule has 2 aromatic carbocycles. The van der Waals surface area contributed by atoms with Gasteiger partial charge >= 0.3 is 0 Å². The molecule has 0 spiro atoms. The van der Waals surface area contributed by atoms with Crippen molar-refractivity contribution in [3.63, 3.8) is 0 Å². The summed E-state index contributed by atoms with van der Waals surface area (Å²) >= 11 is 0. The van der Waals surface area contributed by atoms with Gasteiger partial charge in [-0.2, -0.15) is 0 Å². The van der Waals surface area contributed by atoms with Gasteiger partial charge in [0, 0.05) is 18.7 Å². The van der Waals surface area contributed by atoms with Crippen molar-refractivity contribution in [1.29, 1.82) is 0 Å². The molecule has 0 fully saturated rings. The average Bonchev–Trinajstić information content (AvgIpc) is 2.62. The average molecular weight is 376 g/mol. The maximum absolute atomic E-state index is 12.4. The van der Waals surface area contributed by atoms with Crippen LogP contribution in [0.1, 0.15) is 29.3 Å². The molecule has 0 unspecified atom stereocenters. The summed E-state index contributed by atoms with van der Waals surface area (Å²) in [5, 5.41) is 2.80. The van der Waals surface area contributed by atoms with E-state index in [2.05, 4.69) is 10.0 Å². The van der Waals surface area contributed by atoms with E-state index in [1.165, 1.54) is 12.1 Å². The summed E-state index contributed by atoms with van der Waals surface area (Å²) in [4.78, 5) is 12.5. The lowest BCUT2D eigenvalue weighted by Crippen LogP contribution is -2.27. The number of sulfonamides is 1. The summed E-state index contributed by atoms with van der Waals surface area (Å²) in [6, 6.07) is 14.0. The number of hydrogen-bond donors (Lipinski definition) is 2. The van der Waals surface area contributed by atoms with Gasteiger partial charge in [-0.25, -0.2) is 13.1 Å². The summed E-state index contributed by atoms with van der Waals surface area (Å²) < 4.78 is 32.2. The molecular formula is C19H24N2O4S. The van der Waals surface area contributed by atoms with Crippen LogP contribution in [0.3, 0.4) is 0 Å². The van der Waals surface area contributed by atoms with E-state index in [0.29, 0.717) is 31.7 Å². The number of rotatable bonds is 9. The van der Waals surface area contributed by atoms with E-state index in [9.17, 15) is 13.2 Å². The van der Waals surface area contributed by atoms with E-state index in [1.54, 1.807) is 19.9 Å². The Hall–Kier alpha value is -2.38. The van der Waals surface area contributed by atoms with Gasteiger partial charge in [0.15, 0.2) is 0 Å². The summed E-state index contributed by atoms with van der Waals surface area (Å²) in [7, 11) is -3.59. The van der Waals surface area contributed by atoms with E-state index in [1.807, 2.05) is 30.3 Å². The minimum atomic E-state index is -3.59. The van der Waals surface area contributed by atoms with Gasteiger partial charge in [0.25, 0.3) is 5.91 Å². The fourth-order valence-corrected chi connectivity index (χ4v) is 3.43. The number of carbonyl (C=O) groups excluding carboxylic acids is 1. The third-order valence-electron chi connectivity index (χ3n) is 3.72. The topological polar surface area (TPSA) is 84.5 Å². The number of amides is 1. The number of para-hydroxylation sites is 1. The molecule has 26 heavy (non-hydrogen) atoms. The van der Waals surface area contributed by atoms with Crippen LogP contribution in [0.2, 0.25) is 0 Å². The third-order valence-corrected chi connectivity index (χ3v) is 5.26. The molecule has 0 aliphatic carbocycles. The Balaban J connectivity index is 1.90. The first-order valence-corrected chi connectivity index (χ1v) is 9.98. The maximum Gasteiger partial charge on any atom is 0.251 e. The Morgan fingerprint density at radius 1 is 1.12 bits per heavy atom. The standard InChI is InChI=1S/C19H24N2O4S/c1-3-21-26(23,24)17-11-10-15(2)18(14-17)19(22)20-12-7-13-25-16-8-5-4-6-9-16/h4-6,8-11,14,21H,3,7,12-13H2,1-2H3,(H,20,22). The number of ether oxygens (including phenoxy) is 1. The predicted octanol–water partition coefficient (Wildman–Crippen LogP) is 2.49. The van der Waals surface area contributed by atoms with E-state index in [4.69, 9.17) is 4.74 Å². The summed E-state index contributed by atoms with van der Waals surface area (Å²) in [6.07, 6.45) is 0.648. The van der Waals surface area contributed by atoms with E-state index < -0.39 is 10.0 Å². The van der Waals surface area contributed by atoms with Crippen LogP contribution in [-0.4, -0.2) is 34.0 Å². The molecule has 0 aromatic heterocycles. The van der Waals surface area contributed by atoms with Gasteiger partial charge < -0.3 is 10.1 Å². The Morgan fingerprint density at radius 2 is 1.85 bits per heavy atom. The monoisotopic (exact) mass is 376 g/mol. The van der Waals surface area contributed by atoms with Gasteiger partial charge in [-0.15, -0.1) is 0 Å². The highest BCUT2D eigenvalue weighted by Crippen LogP contribution is 2.15. The van der Waals surface area contributed by atoms with Crippen LogP contribution in [0, 0.1) is 6.92 Å². The van der Waals surface area contributed by atoms with Crippen LogP contribution in [0.25, 0.3) is 0 Å². The molecule has 0 aliphatic rings. The second-order valence-corrected chi connectivity index (χ2v) is 7.52. The molecule has 0 saturated heterocycles. The van der Waals surface area contributed by atoms with E-state index >= 15 is 0 Å². The molecule has 2 N–H and O–H groups in total. The van der Waals surface area contributed by atoms with Crippen LogP contribution in [0.5, 0.6) is 5.75 Å². The lowest BCUT2D eigenvalue weighted by atomic mass is 10.1. The van der Waals surface area contributed by atoms with Crippen molar-refractivity contribution in [2.75, 3.05) is 19.7 Å². The second kappa shape index (κ2) is 9.35. The summed E-state index contributed by atoms with van der Waals surface area (Å²) in [6.45, 7) is 4.69. The van der Waals surface area contributed by atoms with Crippen molar-refractivity contribution in [3.05, 3.63) is 59.7 Å². The molecular weight excluding hydrogens is 352 g/mol. The fourth-order valence-electron chi connectivity index (χ4n) is 2.36. The number of hydrogen-bond acceptors (Lipinski definition) is 4. The first-order chi connectivity index (χ1) is 12.4. The highest BCUT2D eigenvalue weighted by molar-refractivity contribution is 7.89. The molecule has 0 atom stereocenters. The first kappa shape index (κ1) is 19.9. The summed E-state index contributed by atoms with van der Waals surface area (Å²) in [5.41, 5.74) is 1.08. The van der Waals surface area contributed by atoms with Crippen molar-refractivity contribution >= 4 is 15.9 Å². The van der Waals surface area contributed by atoms with Gasteiger partial charge in [0.05, 0.1) is 11.5 Å². The first-order valence-electron chi connectivity index (χ1n) is 8.50. The smallest absolute Gasteiger partial charge is 0.251 e. The largest absolute Gasteiger partial charge is 0.494 e. The molecule has 2 rings (SSSR count). The third kappa shape index (κ3) is 5.57. The van der Waals surface area contributed by atoms with Crippen LogP contribution in [0.4, 0.5) is 0 Å².